The van der Waals surface area contributed by atoms with Crippen molar-refractivity contribution in [1.29, 1.82) is 0 Å². The van der Waals surface area contributed by atoms with E-state index < -0.39 is 10.0 Å². The molecule has 1 aliphatic carbocycles. The molecule has 3 aromatic rings. The fourth-order valence-electron chi connectivity index (χ4n) is 3.78. The summed E-state index contributed by atoms with van der Waals surface area (Å²) in [6, 6.07) is 7.35. The fourth-order valence-corrected chi connectivity index (χ4v) is 5.27. The van der Waals surface area contributed by atoms with E-state index in [9.17, 15) is 8.42 Å². The Bertz CT molecular complexity index is 1200. The van der Waals surface area contributed by atoms with Crippen LogP contribution in [0.1, 0.15) is 31.7 Å². The lowest BCUT2D eigenvalue weighted by Crippen LogP contribution is -2.34. The zero-order chi connectivity index (χ0) is 18.6. The lowest BCUT2D eigenvalue weighted by atomic mass is 9.97. The summed E-state index contributed by atoms with van der Waals surface area (Å²) >= 11 is 0. The molecule has 8 heteroatoms. The number of nitrogens with one attached hydrogen (secondary N) is 3. The highest BCUT2D eigenvalue weighted by atomic mass is 35.5. The van der Waals surface area contributed by atoms with Crippen LogP contribution in [-0.4, -0.2) is 37.0 Å². The Morgan fingerprint density at radius 1 is 1.21 bits per heavy atom. The number of H-pyrrole nitrogens is 1. The first-order valence-corrected chi connectivity index (χ1v) is 10.8. The number of halogens is 1. The molecule has 0 amide bonds. The van der Waals surface area contributed by atoms with Crippen molar-refractivity contribution in [2.75, 3.05) is 13.1 Å². The molecule has 2 aliphatic rings. The second-order valence-electron chi connectivity index (χ2n) is 7.76. The van der Waals surface area contributed by atoms with Crippen LogP contribution in [0.25, 0.3) is 27.5 Å². The standard InChI is InChI=1S/C20H22N4O2S.ClH/c1-20(7-8-20)24-27(25,26)14-2-3-16-17(12-14)23-19-18(16)15(6-11-22-19)13-4-9-21-10-5-13;/h2-4,6,11-12,21,24H,5,7-10H2,1H3,(H,22,23);1H. The highest BCUT2D eigenvalue weighted by molar-refractivity contribution is 7.89. The topological polar surface area (TPSA) is 86.9 Å². The van der Waals surface area contributed by atoms with Crippen LogP contribution < -0.4 is 10.0 Å². The summed E-state index contributed by atoms with van der Waals surface area (Å²) in [5, 5.41) is 5.40. The zero-order valence-electron chi connectivity index (χ0n) is 15.6. The van der Waals surface area contributed by atoms with Gasteiger partial charge in [-0.3, -0.25) is 0 Å². The summed E-state index contributed by atoms with van der Waals surface area (Å²) in [6.07, 6.45) is 6.77. The second kappa shape index (κ2) is 6.84. The van der Waals surface area contributed by atoms with Gasteiger partial charge < -0.3 is 10.3 Å². The monoisotopic (exact) mass is 418 g/mol. The minimum Gasteiger partial charge on any atom is -0.339 e. The maximum atomic E-state index is 12.7. The largest absolute Gasteiger partial charge is 0.339 e. The third kappa shape index (κ3) is 3.33. The Morgan fingerprint density at radius 3 is 2.75 bits per heavy atom. The molecular formula is C20H23ClN4O2S. The summed E-state index contributed by atoms with van der Waals surface area (Å²) in [6.45, 7) is 3.77. The number of benzene rings is 1. The number of aromatic nitrogens is 2. The van der Waals surface area contributed by atoms with E-state index in [0.717, 1.165) is 54.3 Å². The molecule has 0 radical (unpaired) electrons. The summed E-state index contributed by atoms with van der Waals surface area (Å²) in [5.74, 6) is 0. The van der Waals surface area contributed by atoms with Crippen LogP contribution in [0, 0.1) is 0 Å². The molecule has 0 spiro atoms. The summed E-state index contributed by atoms with van der Waals surface area (Å²) < 4.78 is 28.2. The summed E-state index contributed by atoms with van der Waals surface area (Å²) in [5.41, 5.74) is 3.78. The quantitative estimate of drug-likeness (QED) is 0.606. The van der Waals surface area contributed by atoms with Crippen molar-refractivity contribution in [2.24, 2.45) is 0 Å². The van der Waals surface area contributed by atoms with E-state index in [1.165, 1.54) is 11.1 Å². The highest BCUT2D eigenvalue weighted by Crippen LogP contribution is 2.37. The molecule has 0 saturated heterocycles. The van der Waals surface area contributed by atoms with Crippen LogP contribution in [0.2, 0.25) is 0 Å². The first kappa shape index (κ1) is 19.4. The number of hydrogen-bond acceptors (Lipinski definition) is 4. The maximum absolute atomic E-state index is 12.7. The van der Waals surface area contributed by atoms with E-state index >= 15 is 0 Å². The normalized spacial score (nSPS) is 18.7. The van der Waals surface area contributed by atoms with E-state index in [-0.39, 0.29) is 22.8 Å². The summed E-state index contributed by atoms with van der Waals surface area (Å²) in [7, 11) is -3.53. The number of aromatic amines is 1. The first-order valence-electron chi connectivity index (χ1n) is 9.30. The van der Waals surface area contributed by atoms with Gasteiger partial charge in [-0.2, -0.15) is 0 Å². The molecule has 6 nitrogen and oxygen atoms in total. The van der Waals surface area contributed by atoms with Gasteiger partial charge in [0, 0.05) is 34.6 Å². The first-order chi connectivity index (χ1) is 13.0. The molecule has 1 aromatic carbocycles. The Balaban J connectivity index is 0.00000192. The fraction of sp³-hybridized carbons (Fsp3) is 0.350. The van der Waals surface area contributed by atoms with Gasteiger partial charge >= 0.3 is 0 Å². The van der Waals surface area contributed by atoms with Gasteiger partial charge in [-0.1, -0.05) is 12.1 Å². The van der Waals surface area contributed by atoms with Gasteiger partial charge in [0.05, 0.1) is 4.90 Å². The van der Waals surface area contributed by atoms with Crippen molar-refractivity contribution in [3.05, 3.63) is 42.1 Å². The second-order valence-corrected chi connectivity index (χ2v) is 9.45. The molecule has 0 bridgehead atoms. The van der Waals surface area contributed by atoms with E-state index in [2.05, 4.69) is 26.1 Å². The van der Waals surface area contributed by atoms with Crippen molar-refractivity contribution >= 4 is 49.9 Å². The average Bonchev–Trinajstić information content (AvgIpc) is 3.25. The molecule has 148 valence electrons. The lowest BCUT2D eigenvalue weighted by molar-refractivity contribution is 0.558. The van der Waals surface area contributed by atoms with E-state index in [1.54, 1.807) is 12.1 Å². The van der Waals surface area contributed by atoms with Gasteiger partial charge in [0.25, 0.3) is 0 Å². The minimum absolute atomic E-state index is 0. The van der Waals surface area contributed by atoms with Gasteiger partial charge in [-0.05, 0) is 62.1 Å². The third-order valence-electron chi connectivity index (χ3n) is 5.57. The number of hydrogen-bond donors (Lipinski definition) is 3. The minimum atomic E-state index is -3.53. The van der Waals surface area contributed by atoms with E-state index in [0.29, 0.717) is 0 Å². The molecule has 0 unspecified atom stereocenters. The van der Waals surface area contributed by atoms with Gasteiger partial charge in [-0.25, -0.2) is 18.1 Å². The van der Waals surface area contributed by atoms with Crippen molar-refractivity contribution in [1.82, 2.24) is 20.0 Å². The molecule has 1 aliphatic heterocycles. The molecule has 0 atom stereocenters. The van der Waals surface area contributed by atoms with Crippen molar-refractivity contribution in [3.63, 3.8) is 0 Å². The Kier molecular flexibility index (Phi) is 4.74. The number of nitrogens with zero attached hydrogens (tertiary/aromatic N) is 1. The number of pyridine rings is 1. The molecule has 5 rings (SSSR count). The van der Waals surface area contributed by atoms with Crippen LogP contribution in [0.15, 0.2) is 41.4 Å². The van der Waals surface area contributed by atoms with Crippen LogP contribution in [0.4, 0.5) is 0 Å². The average molecular weight is 419 g/mol. The van der Waals surface area contributed by atoms with Crippen LogP contribution in [0.5, 0.6) is 0 Å². The van der Waals surface area contributed by atoms with Crippen LogP contribution in [0.3, 0.4) is 0 Å². The predicted octanol–water partition coefficient (Wildman–Crippen LogP) is 3.35. The summed E-state index contributed by atoms with van der Waals surface area (Å²) in [4.78, 5) is 8.06. The molecule has 3 N–H and O–H groups in total. The van der Waals surface area contributed by atoms with Gasteiger partial charge in [0.2, 0.25) is 10.0 Å². The molecule has 1 saturated carbocycles. The smallest absolute Gasteiger partial charge is 0.241 e. The third-order valence-corrected chi connectivity index (χ3v) is 7.20. The number of sulfonamides is 1. The van der Waals surface area contributed by atoms with Gasteiger partial charge in [0.15, 0.2) is 0 Å². The molecule has 3 heterocycles. The number of rotatable bonds is 4. The van der Waals surface area contributed by atoms with Gasteiger partial charge in [0.1, 0.15) is 5.65 Å². The van der Waals surface area contributed by atoms with Gasteiger partial charge in [-0.15, -0.1) is 12.4 Å². The molecule has 2 aromatic heterocycles. The molecule has 28 heavy (non-hydrogen) atoms. The lowest BCUT2D eigenvalue weighted by Gasteiger charge is -2.15. The SMILES string of the molecule is CC1(NS(=O)(=O)c2ccc3c(c2)[nH]c2nccc(C4=CCNCC4)c23)CC1.Cl. The van der Waals surface area contributed by atoms with E-state index in [1.807, 2.05) is 25.3 Å². The predicted molar refractivity (Wildman–Crippen MR) is 114 cm³/mol. The molecular weight excluding hydrogens is 396 g/mol. The Morgan fingerprint density at radius 2 is 2.04 bits per heavy atom. The van der Waals surface area contributed by atoms with Crippen molar-refractivity contribution in [2.45, 2.75) is 36.6 Å². The van der Waals surface area contributed by atoms with E-state index in [4.69, 9.17) is 0 Å². The van der Waals surface area contributed by atoms with Crippen molar-refractivity contribution < 1.29 is 8.42 Å². The van der Waals surface area contributed by atoms with Crippen LogP contribution in [-0.2, 0) is 10.0 Å². The van der Waals surface area contributed by atoms with Crippen LogP contribution >= 0.6 is 12.4 Å². The maximum Gasteiger partial charge on any atom is 0.241 e. The zero-order valence-corrected chi connectivity index (χ0v) is 17.2. The number of fused-ring (bicyclic) bond motifs is 3. The van der Waals surface area contributed by atoms with Crippen molar-refractivity contribution in [3.8, 4) is 0 Å². The Labute approximate surface area is 170 Å². The Hall–Kier alpha value is -1.93. The molecule has 1 fully saturated rings. The highest BCUT2D eigenvalue weighted by Gasteiger charge is 2.41.